The summed E-state index contributed by atoms with van der Waals surface area (Å²) in [7, 11) is 3.12. The lowest BCUT2D eigenvalue weighted by Gasteiger charge is -2.27. The maximum absolute atomic E-state index is 10.8. The van der Waals surface area contributed by atoms with Gasteiger partial charge in [0, 0.05) is 0 Å². The van der Waals surface area contributed by atoms with E-state index in [9.17, 15) is 4.79 Å². The Morgan fingerprint density at radius 1 is 1.30 bits per heavy atom. The van der Waals surface area contributed by atoms with Crippen molar-refractivity contribution < 1.29 is 14.3 Å². The highest BCUT2D eigenvalue weighted by atomic mass is 35.5. The first-order valence-corrected chi connectivity index (χ1v) is 6.98. The van der Waals surface area contributed by atoms with Crippen LogP contribution in [0, 0.1) is 6.92 Å². The topological polar surface area (TPSA) is 47.9 Å². The van der Waals surface area contributed by atoms with E-state index in [-0.39, 0.29) is 0 Å². The summed E-state index contributed by atoms with van der Waals surface area (Å²) in [4.78, 5) is 14.9. The highest BCUT2D eigenvalue weighted by Crippen LogP contribution is 2.49. The van der Waals surface area contributed by atoms with Crippen LogP contribution in [0.25, 0.3) is 0 Å². The minimum absolute atomic E-state index is 0.509. The van der Waals surface area contributed by atoms with E-state index in [1.807, 2.05) is 13.0 Å². The maximum atomic E-state index is 10.8. The standard InChI is InChI=1S/C15H18ClNO3/c1-10-11(15(17-9-18)6-4-5-7-15)8-12(19-2)14(20-3)13(10)16/h8H,4-7H2,1-3H3. The van der Waals surface area contributed by atoms with Crippen LogP contribution in [-0.2, 0) is 10.3 Å². The molecule has 0 heterocycles. The number of methoxy groups -OCH3 is 2. The van der Waals surface area contributed by atoms with Crippen molar-refractivity contribution in [3.63, 3.8) is 0 Å². The lowest BCUT2D eigenvalue weighted by molar-refractivity contribution is 0.352. The molecule has 0 N–H and O–H groups in total. The molecule has 2 rings (SSSR count). The molecule has 1 fully saturated rings. The van der Waals surface area contributed by atoms with Gasteiger partial charge in [-0.05, 0) is 37.0 Å². The van der Waals surface area contributed by atoms with E-state index in [0.29, 0.717) is 16.5 Å². The quantitative estimate of drug-likeness (QED) is 0.627. The molecule has 1 saturated carbocycles. The SMILES string of the molecule is COc1cc(C2(N=C=O)CCCC2)c(C)c(Cl)c1OC. The largest absolute Gasteiger partial charge is 0.493 e. The van der Waals surface area contributed by atoms with Gasteiger partial charge in [-0.2, -0.15) is 4.99 Å². The smallest absolute Gasteiger partial charge is 0.235 e. The predicted octanol–water partition coefficient (Wildman–Crippen LogP) is 3.77. The summed E-state index contributed by atoms with van der Waals surface area (Å²) in [6.07, 6.45) is 5.45. The fourth-order valence-corrected chi connectivity index (χ4v) is 3.29. The third kappa shape index (κ3) is 2.30. The lowest BCUT2D eigenvalue weighted by atomic mass is 9.85. The molecular weight excluding hydrogens is 278 g/mol. The molecule has 1 aromatic rings. The zero-order valence-corrected chi connectivity index (χ0v) is 12.7. The zero-order chi connectivity index (χ0) is 14.8. The molecule has 0 saturated heterocycles. The normalized spacial score (nSPS) is 16.6. The number of ether oxygens (including phenoxy) is 2. The van der Waals surface area contributed by atoms with Crippen molar-refractivity contribution in [1.82, 2.24) is 0 Å². The van der Waals surface area contributed by atoms with Gasteiger partial charge in [-0.3, -0.25) is 0 Å². The monoisotopic (exact) mass is 295 g/mol. The first kappa shape index (κ1) is 14.9. The van der Waals surface area contributed by atoms with Gasteiger partial charge in [0.15, 0.2) is 11.5 Å². The van der Waals surface area contributed by atoms with E-state index in [0.717, 1.165) is 36.8 Å². The minimum atomic E-state index is -0.519. The van der Waals surface area contributed by atoms with Crippen LogP contribution in [-0.4, -0.2) is 20.3 Å². The number of nitrogens with zero attached hydrogens (tertiary/aromatic N) is 1. The summed E-state index contributed by atoms with van der Waals surface area (Å²) >= 11 is 6.38. The van der Waals surface area contributed by atoms with Crippen LogP contribution < -0.4 is 9.47 Å². The number of aliphatic imine (C=N–C) groups is 1. The van der Waals surface area contributed by atoms with E-state index in [4.69, 9.17) is 21.1 Å². The predicted molar refractivity (Wildman–Crippen MR) is 77.6 cm³/mol. The van der Waals surface area contributed by atoms with Crippen molar-refractivity contribution in [2.45, 2.75) is 38.1 Å². The third-order valence-corrected chi connectivity index (χ3v) is 4.50. The molecule has 0 aromatic heterocycles. The van der Waals surface area contributed by atoms with Gasteiger partial charge < -0.3 is 9.47 Å². The number of hydrogen-bond donors (Lipinski definition) is 0. The summed E-state index contributed by atoms with van der Waals surface area (Å²) in [6, 6.07) is 1.88. The van der Waals surface area contributed by atoms with Crippen molar-refractivity contribution in [3.05, 3.63) is 22.2 Å². The van der Waals surface area contributed by atoms with Crippen LogP contribution in [0.1, 0.15) is 36.8 Å². The molecule has 20 heavy (non-hydrogen) atoms. The molecule has 0 spiro atoms. The summed E-state index contributed by atoms with van der Waals surface area (Å²) in [5.41, 5.74) is 1.29. The van der Waals surface area contributed by atoms with Crippen molar-refractivity contribution in [2.24, 2.45) is 4.99 Å². The second-order valence-electron chi connectivity index (χ2n) is 5.04. The Morgan fingerprint density at radius 3 is 2.45 bits per heavy atom. The van der Waals surface area contributed by atoms with Crippen LogP contribution in [0.5, 0.6) is 11.5 Å². The Kier molecular flexibility index (Phi) is 4.36. The molecular formula is C15H18ClNO3. The Hall–Kier alpha value is -1.51. The van der Waals surface area contributed by atoms with Crippen molar-refractivity contribution >= 4 is 17.7 Å². The fourth-order valence-electron chi connectivity index (χ4n) is 3.02. The van der Waals surface area contributed by atoms with Gasteiger partial charge >= 0.3 is 0 Å². The van der Waals surface area contributed by atoms with Crippen LogP contribution >= 0.6 is 11.6 Å². The van der Waals surface area contributed by atoms with E-state index in [1.54, 1.807) is 20.3 Å². The van der Waals surface area contributed by atoms with Crippen molar-refractivity contribution in [3.8, 4) is 11.5 Å². The number of carbonyl (C=O) groups excluding carboxylic acids is 1. The third-order valence-electron chi connectivity index (χ3n) is 4.05. The molecule has 0 aliphatic heterocycles. The van der Waals surface area contributed by atoms with E-state index >= 15 is 0 Å². The van der Waals surface area contributed by atoms with Crippen LogP contribution in [0.4, 0.5) is 0 Å². The average molecular weight is 296 g/mol. The molecule has 0 unspecified atom stereocenters. The molecule has 0 amide bonds. The first-order valence-electron chi connectivity index (χ1n) is 6.60. The highest BCUT2D eigenvalue weighted by molar-refractivity contribution is 6.33. The van der Waals surface area contributed by atoms with Gasteiger partial charge in [-0.25, -0.2) is 4.79 Å². The first-order chi connectivity index (χ1) is 9.59. The second-order valence-corrected chi connectivity index (χ2v) is 5.42. The highest BCUT2D eigenvalue weighted by Gasteiger charge is 2.38. The molecule has 0 radical (unpaired) electrons. The Bertz CT molecular complexity index is 559. The van der Waals surface area contributed by atoms with Gasteiger partial charge in [0.05, 0.1) is 24.8 Å². The number of isocyanates is 1. The number of benzene rings is 1. The molecule has 108 valence electrons. The molecule has 5 heteroatoms. The van der Waals surface area contributed by atoms with E-state index in [2.05, 4.69) is 4.99 Å². The van der Waals surface area contributed by atoms with Gasteiger partial charge in [0.2, 0.25) is 6.08 Å². The second kappa shape index (κ2) is 5.86. The van der Waals surface area contributed by atoms with E-state index in [1.165, 1.54) is 0 Å². The van der Waals surface area contributed by atoms with Gasteiger partial charge in [0.25, 0.3) is 0 Å². The molecule has 0 atom stereocenters. The fraction of sp³-hybridized carbons (Fsp3) is 0.533. The van der Waals surface area contributed by atoms with Crippen molar-refractivity contribution in [2.75, 3.05) is 14.2 Å². The number of hydrogen-bond acceptors (Lipinski definition) is 4. The minimum Gasteiger partial charge on any atom is -0.493 e. The van der Waals surface area contributed by atoms with Crippen LogP contribution in [0.15, 0.2) is 11.1 Å². The summed E-state index contributed by atoms with van der Waals surface area (Å²) in [5.74, 6) is 1.07. The van der Waals surface area contributed by atoms with E-state index < -0.39 is 5.54 Å². The maximum Gasteiger partial charge on any atom is 0.235 e. The van der Waals surface area contributed by atoms with Crippen LogP contribution in [0.3, 0.4) is 0 Å². The van der Waals surface area contributed by atoms with Gasteiger partial charge in [-0.1, -0.05) is 24.4 Å². The van der Waals surface area contributed by atoms with Gasteiger partial charge in [-0.15, -0.1) is 0 Å². The molecule has 1 aromatic carbocycles. The lowest BCUT2D eigenvalue weighted by Crippen LogP contribution is -2.21. The number of halogens is 1. The molecule has 1 aliphatic carbocycles. The Labute approximate surface area is 123 Å². The Morgan fingerprint density at radius 2 is 1.95 bits per heavy atom. The number of rotatable bonds is 4. The zero-order valence-electron chi connectivity index (χ0n) is 12.0. The molecule has 4 nitrogen and oxygen atoms in total. The summed E-state index contributed by atoms with van der Waals surface area (Å²) in [6.45, 7) is 1.92. The average Bonchev–Trinajstić information content (AvgIpc) is 2.91. The van der Waals surface area contributed by atoms with Crippen LogP contribution in [0.2, 0.25) is 5.02 Å². The Balaban J connectivity index is 2.67. The summed E-state index contributed by atoms with van der Waals surface area (Å²) in [5, 5.41) is 0.509. The van der Waals surface area contributed by atoms with Crippen molar-refractivity contribution in [1.29, 1.82) is 0 Å². The molecule has 0 bridgehead atoms. The summed E-state index contributed by atoms with van der Waals surface area (Å²) < 4.78 is 10.6. The molecule has 1 aliphatic rings. The van der Waals surface area contributed by atoms with Gasteiger partial charge in [0.1, 0.15) is 0 Å².